The number of imide groups is 1. The summed E-state index contributed by atoms with van der Waals surface area (Å²) in [5, 5.41) is 11.8. The number of carbonyl (C=O) groups excluding carboxylic acids is 2. The molecule has 6 heteroatoms. The van der Waals surface area contributed by atoms with Gasteiger partial charge in [-0.2, -0.15) is 5.26 Å². The van der Waals surface area contributed by atoms with Gasteiger partial charge in [-0.1, -0.05) is 60.2 Å². The van der Waals surface area contributed by atoms with Crippen LogP contribution < -0.4 is 10.1 Å². The van der Waals surface area contributed by atoms with Gasteiger partial charge in [0.15, 0.2) is 0 Å². The predicted molar refractivity (Wildman–Crippen MR) is 120 cm³/mol. The molecule has 3 amide bonds. The first-order chi connectivity index (χ1) is 15.5. The minimum Gasteiger partial charge on any atom is -0.489 e. The van der Waals surface area contributed by atoms with Crippen LogP contribution in [-0.4, -0.2) is 16.8 Å². The van der Waals surface area contributed by atoms with E-state index in [0.717, 1.165) is 22.3 Å². The second kappa shape index (κ2) is 9.19. The smallest absolute Gasteiger partial charge is 0.329 e. The van der Waals surface area contributed by atoms with Crippen molar-refractivity contribution >= 4 is 18.0 Å². The molecule has 0 unspecified atom stereocenters. The molecule has 32 heavy (non-hydrogen) atoms. The highest BCUT2D eigenvalue weighted by atomic mass is 16.5. The van der Waals surface area contributed by atoms with Gasteiger partial charge in [-0.3, -0.25) is 9.69 Å². The number of hydrogen-bond acceptors (Lipinski definition) is 4. The van der Waals surface area contributed by atoms with Gasteiger partial charge >= 0.3 is 6.03 Å². The Kier molecular flexibility index (Phi) is 6.00. The number of ether oxygens (including phenoxy) is 1. The standard InChI is InChI=1S/C26H21N3O3/c1-18-5-4-6-20(13-18)16-29-25(30)24(28-26(29)31)14-19-9-11-23(12-10-19)32-17-22-8-3-2-7-21(22)15-27/h2-14H,16-17H2,1H3,(H,28,31)/b24-14+. The van der Waals surface area contributed by atoms with E-state index < -0.39 is 6.03 Å². The van der Waals surface area contributed by atoms with E-state index in [0.29, 0.717) is 11.3 Å². The summed E-state index contributed by atoms with van der Waals surface area (Å²) in [4.78, 5) is 26.2. The van der Waals surface area contributed by atoms with Crippen LogP contribution in [-0.2, 0) is 17.9 Å². The number of rotatable bonds is 6. The lowest BCUT2D eigenvalue weighted by molar-refractivity contribution is -0.123. The molecule has 3 aromatic rings. The highest BCUT2D eigenvalue weighted by molar-refractivity contribution is 6.13. The molecule has 1 heterocycles. The van der Waals surface area contributed by atoms with Crippen LogP contribution >= 0.6 is 0 Å². The van der Waals surface area contributed by atoms with E-state index in [1.54, 1.807) is 36.4 Å². The number of nitrogens with zero attached hydrogens (tertiary/aromatic N) is 2. The molecule has 4 rings (SSSR count). The van der Waals surface area contributed by atoms with Crippen LogP contribution in [0.2, 0.25) is 0 Å². The summed E-state index contributed by atoms with van der Waals surface area (Å²) >= 11 is 0. The quantitative estimate of drug-likeness (QED) is 0.466. The third-order valence-corrected chi connectivity index (χ3v) is 5.11. The van der Waals surface area contributed by atoms with Crippen LogP contribution in [0, 0.1) is 18.3 Å². The molecule has 3 aromatic carbocycles. The van der Waals surface area contributed by atoms with E-state index in [4.69, 9.17) is 10.00 Å². The van der Waals surface area contributed by atoms with Crippen LogP contribution in [0.1, 0.15) is 27.8 Å². The Hall–Kier alpha value is -4.37. The zero-order valence-electron chi connectivity index (χ0n) is 17.5. The van der Waals surface area contributed by atoms with Gasteiger partial charge in [0.1, 0.15) is 18.1 Å². The Labute approximate surface area is 186 Å². The van der Waals surface area contributed by atoms with Crippen molar-refractivity contribution in [2.45, 2.75) is 20.1 Å². The molecule has 1 aliphatic rings. The molecule has 0 aromatic heterocycles. The van der Waals surface area contributed by atoms with Crippen LogP contribution in [0.4, 0.5) is 4.79 Å². The number of aryl methyl sites for hydroxylation is 1. The average Bonchev–Trinajstić information content (AvgIpc) is 3.06. The fourth-order valence-electron chi connectivity index (χ4n) is 3.45. The maximum absolute atomic E-state index is 12.7. The van der Waals surface area contributed by atoms with E-state index in [-0.39, 0.29) is 24.8 Å². The molecule has 0 atom stereocenters. The van der Waals surface area contributed by atoms with Crippen molar-refractivity contribution in [3.05, 3.63) is 106 Å². The lowest BCUT2D eigenvalue weighted by Gasteiger charge is -2.12. The summed E-state index contributed by atoms with van der Waals surface area (Å²) < 4.78 is 5.77. The van der Waals surface area contributed by atoms with Crippen molar-refractivity contribution in [2.75, 3.05) is 0 Å². The zero-order valence-corrected chi connectivity index (χ0v) is 17.5. The number of nitriles is 1. The SMILES string of the molecule is Cc1cccc(CN2C(=O)N/C(=C/c3ccc(OCc4ccccc4C#N)cc3)C2=O)c1. The van der Waals surface area contributed by atoms with Gasteiger partial charge in [0.05, 0.1) is 18.2 Å². The van der Waals surface area contributed by atoms with Crippen molar-refractivity contribution in [3.8, 4) is 11.8 Å². The number of nitrogens with one attached hydrogen (secondary N) is 1. The van der Waals surface area contributed by atoms with Crippen molar-refractivity contribution in [1.29, 1.82) is 5.26 Å². The second-order valence-corrected chi connectivity index (χ2v) is 7.50. The highest BCUT2D eigenvalue weighted by Gasteiger charge is 2.33. The predicted octanol–water partition coefficient (Wildman–Crippen LogP) is 4.54. The van der Waals surface area contributed by atoms with Gasteiger partial charge in [-0.05, 0) is 42.3 Å². The maximum atomic E-state index is 12.7. The van der Waals surface area contributed by atoms with E-state index in [1.807, 2.05) is 49.4 Å². The average molecular weight is 423 g/mol. The minimum atomic E-state index is -0.432. The molecule has 0 bridgehead atoms. The van der Waals surface area contributed by atoms with Gasteiger partial charge in [0, 0.05) is 5.56 Å². The Morgan fingerprint density at radius 2 is 1.81 bits per heavy atom. The monoisotopic (exact) mass is 423 g/mol. The van der Waals surface area contributed by atoms with Gasteiger partial charge in [0.25, 0.3) is 5.91 Å². The Balaban J connectivity index is 1.42. The molecule has 1 N–H and O–H groups in total. The fraction of sp³-hybridized carbons (Fsp3) is 0.115. The Bertz CT molecular complexity index is 1240. The largest absolute Gasteiger partial charge is 0.489 e. The van der Waals surface area contributed by atoms with Crippen LogP contribution in [0.25, 0.3) is 6.08 Å². The van der Waals surface area contributed by atoms with Crippen molar-refractivity contribution in [1.82, 2.24) is 10.2 Å². The van der Waals surface area contributed by atoms with Gasteiger partial charge < -0.3 is 10.1 Å². The number of urea groups is 1. The van der Waals surface area contributed by atoms with E-state index in [9.17, 15) is 9.59 Å². The summed E-state index contributed by atoms with van der Waals surface area (Å²) in [5.41, 5.74) is 4.36. The molecule has 0 radical (unpaired) electrons. The van der Waals surface area contributed by atoms with Gasteiger partial charge in [0.2, 0.25) is 0 Å². The lowest BCUT2D eigenvalue weighted by atomic mass is 10.1. The normalized spacial score (nSPS) is 14.4. The van der Waals surface area contributed by atoms with Gasteiger partial charge in [-0.15, -0.1) is 0 Å². The maximum Gasteiger partial charge on any atom is 0.329 e. The summed E-state index contributed by atoms with van der Waals surface area (Å²) in [6, 6.07) is 23.9. The molecule has 1 aliphatic heterocycles. The molecule has 158 valence electrons. The molecule has 6 nitrogen and oxygen atoms in total. The highest BCUT2D eigenvalue weighted by Crippen LogP contribution is 2.20. The summed E-state index contributed by atoms with van der Waals surface area (Å²) in [7, 11) is 0. The number of hydrogen-bond donors (Lipinski definition) is 1. The van der Waals surface area contributed by atoms with Crippen LogP contribution in [0.5, 0.6) is 5.75 Å². The molecule has 0 saturated carbocycles. The van der Waals surface area contributed by atoms with Gasteiger partial charge in [-0.25, -0.2) is 4.79 Å². The molecular formula is C26H21N3O3. The van der Waals surface area contributed by atoms with Crippen molar-refractivity contribution in [2.24, 2.45) is 0 Å². The van der Waals surface area contributed by atoms with E-state index in [2.05, 4.69) is 11.4 Å². The van der Waals surface area contributed by atoms with Crippen molar-refractivity contribution in [3.63, 3.8) is 0 Å². The number of benzene rings is 3. The Morgan fingerprint density at radius 3 is 2.56 bits per heavy atom. The van der Waals surface area contributed by atoms with Crippen LogP contribution in [0.15, 0.2) is 78.5 Å². The number of amides is 3. The fourth-order valence-corrected chi connectivity index (χ4v) is 3.45. The minimum absolute atomic E-state index is 0.223. The first kappa shape index (κ1) is 20.9. The molecule has 1 saturated heterocycles. The molecule has 1 fully saturated rings. The third-order valence-electron chi connectivity index (χ3n) is 5.11. The first-order valence-corrected chi connectivity index (χ1v) is 10.1. The molecular weight excluding hydrogens is 402 g/mol. The second-order valence-electron chi connectivity index (χ2n) is 7.50. The lowest BCUT2D eigenvalue weighted by Crippen LogP contribution is -2.30. The van der Waals surface area contributed by atoms with Crippen molar-refractivity contribution < 1.29 is 14.3 Å². The van der Waals surface area contributed by atoms with E-state index >= 15 is 0 Å². The Morgan fingerprint density at radius 1 is 1.03 bits per heavy atom. The summed E-state index contributed by atoms with van der Waals surface area (Å²) in [6.45, 7) is 2.48. The molecule has 0 spiro atoms. The first-order valence-electron chi connectivity index (χ1n) is 10.1. The summed E-state index contributed by atoms with van der Waals surface area (Å²) in [6.07, 6.45) is 1.64. The van der Waals surface area contributed by atoms with E-state index in [1.165, 1.54) is 4.90 Å². The summed E-state index contributed by atoms with van der Waals surface area (Å²) in [5.74, 6) is 0.285. The topological polar surface area (TPSA) is 82.4 Å². The van der Waals surface area contributed by atoms with Crippen LogP contribution in [0.3, 0.4) is 0 Å². The zero-order chi connectivity index (χ0) is 22.5. The molecule has 0 aliphatic carbocycles. The number of carbonyl (C=O) groups is 2. The third kappa shape index (κ3) is 4.68.